The molecule has 1 N–H and O–H groups in total. The number of rotatable bonds is 3. The number of nitrogens with zero attached hydrogens (tertiary/aromatic N) is 1. The Morgan fingerprint density at radius 3 is 2.69 bits per heavy atom. The van der Waals surface area contributed by atoms with E-state index in [2.05, 4.69) is 5.32 Å². The lowest BCUT2D eigenvalue weighted by Gasteiger charge is -2.18. The number of carbonyl (C=O) groups excluding carboxylic acids is 2. The Kier molecular flexibility index (Phi) is 4.03. The van der Waals surface area contributed by atoms with E-state index in [1.54, 1.807) is 23.1 Å². The summed E-state index contributed by atoms with van der Waals surface area (Å²) in [5.74, 6) is 0.803. The van der Waals surface area contributed by atoms with Gasteiger partial charge in [0.05, 0.1) is 0 Å². The van der Waals surface area contributed by atoms with Crippen molar-refractivity contribution in [2.24, 2.45) is 0 Å². The van der Waals surface area contributed by atoms with Crippen LogP contribution in [0.4, 0.5) is 5.69 Å². The van der Waals surface area contributed by atoms with Gasteiger partial charge in [0.25, 0.3) is 5.91 Å². The summed E-state index contributed by atoms with van der Waals surface area (Å²) >= 11 is 0. The number of fused-ring (bicyclic) bond motifs is 1. The van der Waals surface area contributed by atoms with E-state index in [0.717, 1.165) is 11.3 Å². The molecule has 2 aromatic rings. The predicted octanol–water partition coefficient (Wildman–Crippen LogP) is 2.57. The molecule has 2 aromatic carbocycles. The topological polar surface area (TPSA) is 67.9 Å². The summed E-state index contributed by atoms with van der Waals surface area (Å²) in [6.07, 6.45) is 0.585. The first-order chi connectivity index (χ1) is 12.5. The summed E-state index contributed by atoms with van der Waals surface area (Å²) in [7, 11) is 0. The number of anilines is 1. The van der Waals surface area contributed by atoms with E-state index in [0.29, 0.717) is 30.0 Å². The molecular weight excluding hydrogens is 332 g/mol. The molecule has 1 saturated heterocycles. The third-order valence-corrected chi connectivity index (χ3v) is 4.95. The van der Waals surface area contributed by atoms with Crippen LogP contribution in [0.1, 0.15) is 27.9 Å². The molecule has 134 valence electrons. The smallest absolute Gasteiger partial charge is 0.252 e. The highest BCUT2D eigenvalue weighted by molar-refractivity contribution is 6.04. The summed E-state index contributed by atoms with van der Waals surface area (Å²) in [5.41, 5.74) is 3.65. The summed E-state index contributed by atoms with van der Waals surface area (Å²) in [4.78, 5) is 27.0. The zero-order chi connectivity index (χ0) is 18.3. The van der Waals surface area contributed by atoms with Gasteiger partial charge in [0.1, 0.15) is 6.04 Å². The third kappa shape index (κ3) is 2.87. The van der Waals surface area contributed by atoms with E-state index in [4.69, 9.17) is 9.47 Å². The number of aryl methyl sites for hydroxylation is 2. The fraction of sp³-hybridized carbons (Fsp3) is 0.300. The molecule has 6 nitrogen and oxygen atoms in total. The minimum Gasteiger partial charge on any atom is -0.454 e. The molecule has 2 amide bonds. The molecule has 0 saturated carbocycles. The molecule has 0 unspecified atom stereocenters. The molecule has 1 fully saturated rings. The second-order valence-corrected chi connectivity index (χ2v) is 6.64. The Morgan fingerprint density at radius 1 is 1.08 bits per heavy atom. The molecule has 0 bridgehead atoms. The van der Waals surface area contributed by atoms with Crippen LogP contribution in [-0.2, 0) is 4.79 Å². The van der Waals surface area contributed by atoms with Gasteiger partial charge < -0.3 is 19.7 Å². The van der Waals surface area contributed by atoms with Gasteiger partial charge in [-0.25, -0.2) is 0 Å². The van der Waals surface area contributed by atoms with Gasteiger partial charge in [0.2, 0.25) is 12.7 Å². The maximum Gasteiger partial charge on any atom is 0.252 e. The predicted molar refractivity (Wildman–Crippen MR) is 96.7 cm³/mol. The van der Waals surface area contributed by atoms with Crippen LogP contribution in [0, 0.1) is 13.8 Å². The first-order valence-electron chi connectivity index (χ1n) is 8.62. The van der Waals surface area contributed by atoms with Crippen LogP contribution in [0.15, 0.2) is 36.4 Å². The van der Waals surface area contributed by atoms with Gasteiger partial charge in [0.15, 0.2) is 11.5 Å². The summed E-state index contributed by atoms with van der Waals surface area (Å²) in [5, 5.41) is 2.84. The molecule has 0 aromatic heterocycles. The van der Waals surface area contributed by atoms with Crippen molar-refractivity contribution in [1.29, 1.82) is 0 Å². The van der Waals surface area contributed by atoms with Crippen molar-refractivity contribution in [3.63, 3.8) is 0 Å². The molecule has 1 atom stereocenters. The first kappa shape index (κ1) is 16.4. The average Bonchev–Trinajstić information content (AvgIpc) is 3.24. The lowest BCUT2D eigenvalue weighted by molar-refractivity contribution is -0.118. The normalized spacial score (nSPS) is 18.3. The molecule has 0 aliphatic carbocycles. The van der Waals surface area contributed by atoms with E-state index in [1.807, 2.05) is 32.0 Å². The van der Waals surface area contributed by atoms with Gasteiger partial charge >= 0.3 is 0 Å². The minimum atomic E-state index is -0.519. The Balaban J connectivity index is 1.46. The van der Waals surface area contributed by atoms with Crippen LogP contribution in [0.5, 0.6) is 11.5 Å². The number of ether oxygens (including phenoxy) is 2. The zero-order valence-electron chi connectivity index (χ0n) is 14.7. The van der Waals surface area contributed by atoms with E-state index in [1.165, 1.54) is 5.56 Å². The Bertz CT molecular complexity index is 893. The first-order valence-corrected chi connectivity index (χ1v) is 8.62. The molecule has 2 heterocycles. The van der Waals surface area contributed by atoms with Crippen molar-refractivity contribution in [2.75, 3.05) is 18.2 Å². The van der Waals surface area contributed by atoms with Crippen LogP contribution < -0.4 is 19.7 Å². The molecular formula is C20H20N2O4. The molecule has 2 aliphatic heterocycles. The number of hydrogen-bond acceptors (Lipinski definition) is 4. The monoisotopic (exact) mass is 352 g/mol. The minimum absolute atomic E-state index is 0.0812. The van der Waals surface area contributed by atoms with Gasteiger partial charge in [-0.2, -0.15) is 0 Å². The van der Waals surface area contributed by atoms with E-state index in [-0.39, 0.29) is 18.6 Å². The largest absolute Gasteiger partial charge is 0.454 e. The second kappa shape index (κ2) is 6.37. The maximum atomic E-state index is 12.7. The zero-order valence-corrected chi connectivity index (χ0v) is 14.7. The number of carbonyl (C=O) groups is 2. The van der Waals surface area contributed by atoms with Crippen molar-refractivity contribution in [2.45, 2.75) is 26.3 Å². The number of hydrogen-bond donors (Lipinski definition) is 1. The Morgan fingerprint density at radius 2 is 1.88 bits per heavy atom. The molecule has 4 rings (SSSR count). The van der Waals surface area contributed by atoms with Crippen LogP contribution in [0.2, 0.25) is 0 Å². The summed E-state index contributed by atoms with van der Waals surface area (Å²) < 4.78 is 10.5. The van der Waals surface area contributed by atoms with Crippen LogP contribution >= 0.6 is 0 Å². The third-order valence-electron chi connectivity index (χ3n) is 4.95. The average molecular weight is 352 g/mol. The van der Waals surface area contributed by atoms with E-state index < -0.39 is 6.04 Å². The van der Waals surface area contributed by atoms with Crippen LogP contribution in [0.25, 0.3) is 0 Å². The van der Waals surface area contributed by atoms with Gasteiger partial charge in [-0.1, -0.05) is 6.07 Å². The van der Waals surface area contributed by atoms with Crippen molar-refractivity contribution < 1.29 is 19.1 Å². The summed E-state index contributed by atoms with van der Waals surface area (Å²) in [6.45, 7) is 4.82. The lowest BCUT2D eigenvalue weighted by atomic mass is 10.1. The number of nitrogens with one attached hydrogen (secondary N) is 1. The molecule has 6 heteroatoms. The SMILES string of the molecule is Cc1ccc(N2CC[C@H](NC(=O)c3ccc4c(c3)OCO4)C2=O)cc1C. The fourth-order valence-electron chi connectivity index (χ4n) is 3.24. The van der Waals surface area contributed by atoms with Gasteiger partial charge in [-0.3, -0.25) is 9.59 Å². The van der Waals surface area contributed by atoms with E-state index >= 15 is 0 Å². The van der Waals surface area contributed by atoms with Crippen LogP contribution in [0.3, 0.4) is 0 Å². The number of benzene rings is 2. The Hall–Kier alpha value is -3.02. The van der Waals surface area contributed by atoms with Gasteiger partial charge in [0, 0.05) is 17.8 Å². The molecule has 2 aliphatic rings. The maximum absolute atomic E-state index is 12.7. The molecule has 0 spiro atoms. The van der Waals surface area contributed by atoms with Crippen molar-refractivity contribution in [3.8, 4) is 11.5 Å². The number of amides is 2. The molecule has 0 radical (unpaired) electrons. The van der Waals surface area contributed by atoms with Crippen molar-refractivity contribution in [3.05, 3.63) is 53.1 Å². The quantitative estimate of drug-likeness (QED) is 0.922. The van der Waals surface area contributed by atoms with E-state index in [9.17, 15) is 9.59 Å². The standard InChI is InChI=1S/C20H20N2O4/c1-12-3-5-15(9-13(12)2)22-8-7-16(20(22)24)21-19(23)14-4-6-17-18(10-14)26-11-25-17/h3-6,9-10,16H,7-8,11H2,1-2H3,(H,21,23)/t16-/m0/s1. The Labute approximate surface area is 151 Å². The van der Waals surface area contributed by atoms with Gasteiger partial charge in [-0.15, -0.1) is 0 Å². The lowest BCUT2D eigenvalue weighted by Crippen LogP contribution is -2.41. The van der Waals surface area contributed by atoms with Crippen molar-refractivity contribution >= 4 is 17.5 Å². The van der Waals surface area contributed by atoms with Crippen molar-refractivity contribution in [1.82, 2.24) is 5.32 Å². The van der Waals surface area contributed by atoms with Gasteiger partial charge in [-0.05, 0) is 61.7 Å². The summed E-state index contributed by atoms with van der Waals surface area (Å²) in [6, 6.07) is 10.5. The van der Waals surface area contributed by atoms with Crippen LogP contribution in [-0.4, -0.2) is 31.2 Å². The second-order valence-electron chi connectivity index (χ2n) is 6.64. The highest BCUT2D eigenvalue weighted by Gasteiger charge is 2.34. The fourth-order valence-corrected chi connectivity index (χ4v) is 3.24. The highest BCUT2D eigenvalue weighted by atomic mass is 16.7. The molecule has 26 heavy (non-hydrogen) atoms. The highest BCUT2D eigenvalue weighted by Crippen LogP contribution is 2.32.